The standard InChI is InChI=1S/C20H18N4O2S/c1-24(13-14-12-17(23-26-14)15-6-4-5-11-21-15)20(25)10-9-19-22-16-7-2-3-8-18(16)27-19/h2-8,11-12H,9-10,13H2,1H3. The zero-order valence-corrected chi connectivity index (χ0v) is 15.6. The molecule has 7 heteroatoms. The van der Waals surface area contributed by atoms with Crippen LogP contribution >= 0.6 is 11.3 Å². The van der Waals surface area contributed by atoms with Gasteiger partial charge < -0.3 is 9.42 Å². The number of thiazole rings is 1. The monoisotopic (exact) mass is 378 g/mol. The van der Waals surface area contributed by atoms with Gasteiger partial charge in [0, 0.05) is 32.2 Å². The first-order chi connectivity index (χ1) is 13.2. The van der Waals surface area contributed by atoms with Crippen molar-refractivity contribution in [1.29, 1.82) is 0 Å². The van der Waals surface area contributed by atoms with Gasteiger partial charge >= 0.3 is 0 Å². The summed E-state index contributed by atoms with van der Waals surface area (Å²) in [5.74, 6) is 0.677. The van der Waals surface area contributed by atoms with Gasteiger partial charge in [-0.2, -0.15) is 0 Å². The number of nitrogens with zero attached hydrogens (tertiary/aromatic N) is 4. The van der Waals surface area contributed by atoms with E-state index in [1.807, 2.05) is 48.5 Å². The van der Waals surface area contributed by atoms with Crippen LogP contribution in [0.5, 0.6) is 0 Å². The summed E-state index contributed by atoms with van der Waals surface area (Å²) in [6, 6.07) is 15.5. The number of benzene rings is 1. The van der Waals surface area contributed by atoms with Crippen LogP contribution in [-0.2, 0) is 17.8 Å². The first-order valence-electron chi connectivity index (χ1n) is 8.64. The summed E-state index contributed by atoms with van der Waals surface area (Å²) in [6.07, 6.45) is 2.76. The van der Waals surface area contributed by atoms with Crippen LogP contribution in [0.15, 0.2) is 59.3 Å². The number of para-hydroxylation sites is 1. The van der Waals surface area contributed by atoms with E-state index < -0.39 is 0 Å². The second kappa shape index (κ2) is 7.67. The van der Waals surface area contributed by atoms with Crippen molar-refractivity contribution in [1.82, 2.24) is 20.0 Å². The molecule has 0 fully saturated rings. The Kier molecular flexibility index (Phi) is 4.93. The van der Waals surface area contributed by atoms with E-state index in [-0.39, 0.29) is 5.91 Å². The summed E-state index contributed by atoms with van der Waals surface area (Å²) in [6.45, 7) is 0.374. The van der Waals surface area contributed by atoms with Crippen molar-refractivity contribution in [2.24, 2.45) is 0 Å². The van der Waals surface area contributed by atoms with Crippen molar-refractivity contribution in [2.75, 3.05) is 7.05 Å². The van der Waals surface area contributed by atoms with E-state index in [0.717, 1.165) is 20.9 Å². The van der Waals surface area contributed by atoms with E-state index in [0.29, 0.717) is 30.8 Å². The van der Waals surface area contributed by atoms with E-state index >= 15 is 0 Å². The molecule has 3 aromatic heterocycles. The molecule has 0 saturated heterocycles. The van der Waals surface area contributed by atoms with Crippen LogP contribution in [0.2, 0.25) is 0 Å². The van der Waals surface area contributed by atoms with Crippen molar-refractivity contribution in [2.45, 2.75) is 19.4 Å². The molecule has 0 saturated carbocycles. The van der Waals surface area contributed by atoms with Gasteiger partial charge in [-0.25, -0.2) is 4.98 Å². The predicted octanol–water partition coefficient (Wildman–Crippen LogP) is 3.94. The molecular weight excluding hydrogens is 360 g/mol. The van der Waals surface area contributed by atoms with Gasteiger partial charge in [0.1, 0.15) is 5.69 Å². The largest absolute Gasteiger partial charge is 0.359 e. The quantitative estimate of drug-likeness (QED) is 0.508. The lowest BCUT2D eigenvalue weighted by Crippen LogP contribution is -2.26. The van der Waals surface area contributed by atoms with Crippen molar-refractivity contribution < 1.29 is 9.32 Å². The van der Waals surface area contributed by atoms with E-state index in [4.69, 9.17) is 4.52 Å². The Bertz CT molecular complexity index is 1020. The van der Waals surface area contributed by atoms with Gasteiger partial charge in [0.15, 0.2) is 5.76 Å². The van der Waals surface area contributed by atoms with Gasteiger partial charge in [-0.15, -0.1) is 11.3 Å². The number of hydrogen-bond acceptors (Lipinski definition) is 6. The zero-order chi connectivity index (χ0) is 18.6. The van der Waals surface area contributed by atoms with Gasteiger partial charge in [-0.05, 0) is 24.3 Å². The number of hydrogen-bond donors (Lipinski definition) is 0. The molecule has 136 valence electrons. The lowest BCUT2D eigenvalue weighted by Gasteiger charge is -2.14. The maximum atomic E-state index is 12.4. The molecule has 0 N–H and O–H groups in total. The molecule has 0 atom stereocenters. The average Bonchev–Trinajstić information content (AvgIpc) is 3.33. The molecule has 6 nitrogen and oxygen atoms in total. The van der Waals surface area contributed by atoms with Gasteiger partial charge in [0.2, 0.25) is 5.91 Å². The Morgan fingerprint density at radius 3 is 2.81 bits per heavy atom. The molecule has 0 aliphatic heterocycles. The first kappa shape index (κ1) is 17.4. The topological polar surface area (TPSA) is 72.1 Å². The molecule has 0 aliphatic carbocycles. The summed E-state index contributed by atoms with van der Waals surface area (Å²) < 4.78 is 6.50. The van der Waals surface area contributed by atoms with Crippen molar-refractivity contribution in [3.05, 3.63) is 65.5 Å². The smallest absolute Gasteiger partial charge is 0.223 e. The number of carbonyl (C=O) groups is 1. The van der Waals surface area contributed by atoms with Crippen LogP contribution in [0, 0.1) is 0 Å². The van der Waals surface area contributed by atoms with Gasteiger partial charge in [0.05, 0.1) is 27.5 Å². The highest BCUT2D eigenvalue weighted by Gasteiger charge is 2.15. The molecule has 27 heavy (non-hydrogen) atoms. The second-order valence-corrected chi connectivity index (χ2v) is 7.33. The van der Waals surface area contributed by atoms with Gasteiger partial charge in [0.25, 0.3) is 0 Å². The van der Waals surface area contributed by atoms with Crippen LogP contribution in [0.1, 0.15) is 17.2 Å². The minimum absolute atomic E-state index is 0.0463. The Hall–Kier alpha value is -3.06. The summed E-state index contributed by atoms with van der Waals surface area (Å²) in [7, 11) is 1.77. The Balaban J connectivity index is 1.34. The minimum atomic E-state index is 0.0463. The fourth-order valence-corrected chi connectivity index (χ4v) is 3.74. The Morgan fingerprint density at radius 2 is 2.00 bits per heavy atom. The van der Waals surface area contributed by atoms with Crippen LogP contribution in [0.4, 0.5) is 0 Å². The van der Waals surface area contributed by atoms with Crippen molar-refractivity contribution in [3.63, 3.8) is 0 Å². The predicted molar refractivity (Wildman–Crippen MR) is 104 cm³/mol. The number of aryl methyl sites for hydroxylation is 1. The molecule has 0 unspecified atom stereocenters. The third-order valence-electron chi connectivity index (χ3n) is 4.20. The second-order valence-electron chi connectivity index (χ2n) is 6.22. The van der Waals surface area contributed by atoms with E-state index in [9.17, 15) is 4.79 Å². The molecular formula is C20H18N4O2S. The summed E-state index contributed by atoms with van der Waals surface area (Å²) in [4.78, 5) is 22.9. The van der Waals surface area contributed by atoms with Crippen molar-refractivity contribution >= 4 is 27.5 Å². The highest BCUT2D eigenvalue weighted by molar-refractivity contribution is 7.18. The molecule has 0 radical (unpaired) electrons. The molecule has 0 spiro atoms. The molecule has 1 amide bonds. The highest BCUT2D eigenvalue weighted by atomic mass is 32.1. The van der Waals surface area contributed by atoms with E-state index in [1.165, 1.54) is 0 Å². The van der Waals surface area contributed by atoms with E-state index in [2.05, 4.69) is 15.1 Å². The average molecular weight is 378 g/mol. The number of rotatable bonds is 6. The normalized spacial score (nSPS) is 11.0. The highest BCUT2D eigenvalue weighted by Crippen LogP contribution is 2.23. The van der Waals surface area contributed by atoms with Crippen LogP contribution in [0.3, 0.4) is 0 Å². The van der Waals surface area contributed by atoms with E-state index in [1.54, 1.807) is 29.5 Å². The fraction of sp³-hybridized carbons (Fsp3) is 0.200. The van der Waals surface area contributed by atoms with Gasteiger partial charge in [-0.1, -0.05) is 23.4 Å². The number of fused-ring (bicyclic) bond motifs is 1. The molecule has 4 rings (SSSR count). The van der Waals surface area contributed by atoms with Crippen LogP contribution < -0.4 is 0 Å². The summed E-state index contributed by atoms with van der Waals surface area (Å²) >= 11 is 1.64. The minimum Gasteiger partial charge on any atom is -0.359 e. The number of pyridine rings is 1. The molecule has 0 aliphatic rings. The first-order valence-corrected chi connectivity index (χ1v) is 9.46. The van der Waals surface area contributed by atoms with Crippen LogP contribution in [-0.4, -0.2) is 33.0 Å². The van der Waals surface area contributed by atoms with Crippen LogP contribution in [0.25, 0.3) is 21.6 Å². The molecule has 1 aromatic carbocycles. The van der Waals surface area contributed by atoms with Crippen molar-refractivity contribution in [3.8, 4) is 11.4 Å². The third-order valence-corrected chi connectivity index (χ3v) is 5.29. The number of aromatic nitrogens is 3. The number of carbonyl (C=O) groups excluding carboxylic acids is 1. The lowest BCUT2D eigenvalue weighted by molar-refractivity contribution is -0.130. The fourth-order valence-electron chi connectivity index (χ4n) is 2.78. The maximum absolute atomic E-state index is 12.4. The molecule has 4 aromatic rings. The summed E-state index contributed by atoms with van der Waals surface area (Å²) in [5.41, 5.74) is 2.40. The Labute approximate surface area is 160 Å². The maximum Gasteiger partial charge on any atom is 0.223 e. The van der Waals surface area contributed by atoms with Gasteiger partial charge in [-0.3, -0.25) is 9.78 Å². The number of amides is 1. The SMILES string of the molecule is CN(Cc1cc(-c2ccccn2)no1)C(=O)CCc1nc2ccccc2s1. The summed E-state index contributed by atoms with van der Waals surface area (Å²) in [5, 5.41) is 5.01. The molecule has 0 bridgehead atoms. The Morgan fingerprint density at radius 1 is 1.15 bits per heavy atom. The lowest BCUT2D eigenvalue weighted by atomic mass is 10.2. The third kappa shape index (κ3) is 4.03. The molecule has 3 heterocycles. The zero-order valence-electron chi connectivity index (χ0n) is 14.8.